The van der Waals surface area contributed by atoms with Crippen LogP contribution in [0, 0.1) is 6.92 Å². The first-order chi connectivity index (χ1) is 29.7. The maximum atomic E-state index is 13.6. The van der Waals surface area contributed by atoms with Gasteiger partial charge in [0.25, 0.3) is 11.8 Å². The second-order valence-electron chi connectivity index (χ2n) is 16.4. The number of ether oxygens (including phenoxy) is 1. The van der Waals surface area contributed by atoms with Gasteiger partial charge in [-0.3, -0.25) is 48.5 Å². The van der Waals surface area contributed by atoms with Crippen molar-refractivity contribution in [1.82, 2.24) is 39.7 Å². The zero-order chi connectivity index (χ0) is 41.8. The monoisotopic (exact) mass is 840 g/mol. The van der Waals surface area contributed by atoms with Gasteiger partial charge in [0.05, 0.1) is 41.0 Å². The number of rotatable bonds is 12. The lowest BCUT2D eigenvalue weighted by Crippen LogP contribution is -2.54. The lowest BCUT2D eigenvalue weighted by Gasteiger charge is -2.36. The largest absolute Gasteiger partial charge is 0.380 e. The minimum absolute atomic E-state index is 0.0881. The Morgan fingerprint density at radius 1 is 0.836 bits per heavy atom. The Morgan fingerprint density at radius 2 is 1.64 bits per heavy atom. The van der Waals surface area contributed by atoms with Gasteiger partial charge in [0.2, 0.25) is 11.8 Å². The number of piperazine rings is 1. The summed E-state index contributed by atoms with van der Waals surface area (Å²) in [6.45, 7) is 7.81. The highest BCUT2D eigenvalue weighted by Gasteiger charge is 2.51. The Balaban J connectivity index is 0.705. The summed E-state index contributed by atoms with van der Waals surface area (Å²) in [5, 5.41) is 16.7. The zero-order valence-corrected chi connectivity index (χ0v) is 34.6. The molecule has 3 aromatic carbocycles. The van der Waals surface area contributed by atoms with Gasteiger partial charge in [-0.25, -0.2) is 0 Å². The number of benzene rings is 3. The van der Waals surface area contributed by atoms with E-state index in [1.165, 1.54) is 0 Å². The smallest absolute Gasteiger partial charge is 0.264 e. The summed E-state index contributed by atoms with van der Waals surface area (Å²) in [5.74, 6) is -0.231. The van der Waals surface area contributed by atoms with E-state index in [1.54, 1.807) is 12.1 Å². The fraction of sp³-hybridized carbons (Fsp3) is 0.378. The molecule has 5 aromatic rings. The molecule has 1 spiro atoms. The topological polar surface area (TPSA) is 160 Å². The summed E-state index contributed by atoms with van der Waals surface area (Å²) < 4.78 is 10.2. The molecule has 2 saturated heterocycles. The molecule has 1 aliphatic carbocycles. The van der Waals surface area contributed by atoms with Crippen LogP contribution >= 0.6 is 11.6 Å². The highest BCUT2D eigenvalue weighted by Crippen LogP contribution is 2.52. The van der Waals surface area contributed by atoms with Crippen molar-refractivity contribution in [2.24, 2.45) is 4.99 Å². The van der Waals surface area contributed by atoms with Gasteiger partial charge >= 0.3 is 0 Å². The first kappa shape index (κ1) is 39.1. The van der Waals surface area contributed by atoms with Gasteiger partial charge < -0.3 is 9.64 Å². The molecule has 312 valence electrons. The molecule has 10 rings (SSSR count). The minimum atomic E-state index is -0.984. The molecule has 6 heterocycles. The number of carbonyl (C=O) groups is 4. The van der Waals surface area contributed by atoms with E-state index in [0.29, 0.717) is 48.1 Å². The molecule has 1 N–H and O–H groups in total. The zero-order valence-electron chi connectivity index (χ0n) is 33.8. The predicted octanol–water partition coefficient (Wildman–Crippen LogP) is 4.95. The molecule has 3 fully saturated rings. The average molecular weight is 841 g/mol. The second kappa shape index (κ2) is 15.8. The number of aromatic nitrogens is 5. The van der Waals surface area contributed by atoms with Gasteiger partial charge in [-0.15, -0.1) is 10.2 Å². The van der Waals surface area contributed by atoms with Crippen LogP contribution in [0.25, 0.3) is 16.8 Å². The molecule has 1 saturated carbocycles. The molecule has 5 aliphatic rings. The first-order valence-electron chi connectivity index (χ1n) is 21.0. The minimum Gasteiger partial charge on any atom is -0.380 e. The number of unbranched alkanes of at least 4 members (excludes halogenated alkanes) is 1. The van der Waals surface area contributed by atoms with Crippen molar-refractivity contribution in [2.75, 3.05) is 50.8 Å². The van der Waals surface area contributed by atoms with E-state index in [1.807, 2.05) is 48.1 Å². The van der Waals surface area contributed by atoms with Gasteiger partial charge in [0, 0.05) is 80.2 Å². The number of aryl methyl sites for hydroxylation is 2. The van der Waals surface area contributed by atoms with E-state index >= 15 is 0 Å². The number of nitrogens with zero attached hydrogens (tertiary/aromatic N) is 9. The predicted molar refractivity (Wildman–Crippen MR) is 227 cm³/mol. The molecule has 61 heavy (non-hydrogen) atoms. The van der Waals surface area contributed by atoms with Crippen molar-refractivity contribution in [3.05, 3.63) is 112 Å². The van der Waals surface area contributed by atoms with Crippen LogP contribution < -0.4 is 10.2 Å². The summed E-state index contributed by atoms with van der Waals surface area (Å²) in [5.41, 5.74) is 7.04. The fourth-order valence-corrected chi connectivity index (χ4v) is 9.17. The van der Waals surface area contributed by atoms with E-state index in [9.17, 15) is 19.2 Å². The molecular formula is C45H45ClN10O5. The number of piperidine rings is 1. The van der Waals surface area contributed by atoms with E-state index in [0.717, 1.165) is 102 Å². The lowest BCUT2D eigenvalue weighted by molar-refractivity contribution is -0.136. The summed E-state index contributed by atoms with van der Waals surface area (Å²) in [6, 6.07) is 18.7. The number of hydrogen-bond donors (Lipinski definition) is 1. The third kappa shape index (κ3) is 7.23. The SMILES string of the molecule is Cc1nnc2n1-c1ccc(-c3cnn(CCCCOCCN4CCN(c5cccc6c5C(=O)N(C5CCC(=O)NC5=O)C6=O)CC4)c3)cc1C(c1ccc(Cl)cc1)=NC21CC1. The maximum absolute atomic E-state index is 13.6. The standard InChI is InChI=1S/C45H45ClN10O5/c1-28-50-51-44-45(15-16-45)49-40(29-7-10-32(46)11-8-29)34-25-30(9-12-35(34)55(28)44)31-26-47-54(27-31)17-2-3-23-61-24-22-52-18-20-53(21-19-52)36-6-4-5-33-39(36)43(60)56(42(33)59)37-13-14-38(57)48-41(37)58/h4-12,25-27,37H,2-3,13-24H2,1H3,(H,48,57,58). The number of halogens is 1. The molecule has 4 aliphatic heterocycles. The Labute approximate surface area is 357 Å². The summed E-state index contributed by atoms with van der Waals surface area (Å²) in [7, 11) is 0. The van der Waals surface area contributed by atoms with Crippen LogP contribution in [0.5, 0.6) is 0 Å². The number of fused-ring (bicyclic) bond motifs is 5. The summed E-state index contributed by atoms with van der Waals surface area (Å²) >= 11 is 6.29. The van der Waals surface area contributed by atoms with Gasteiger partial charge in [-0.2, -0.15) is 5.10 Å². The molecule has 0 radical (unpaired) electrons. The molecule has 16 heteroatoms. The normalized spacial score (nSPS) is 19.4. The van der Waals surface area contributed by atoms with Gasteiger partial charge in [0.15, 0.2) is 5.82 Å². The van der Waals surface area contributed by atoms with E-state index in [2.05, 4.69) is 54.3 Å². The average Bonchev–Trinajstić information content (AvgIpc) is 3.61. The van der Waals surface area contributed by atoms with E-state index < -0.39 is 29.7 Å². The molecular weight excluding hydrogens is 796 g/mol. The van der Waals surface area contributed by atoms with Crippen molar-refractivity contribution < 1.29 is 23.9 Å². The van der Waals surface area contributed by atoms with Crippen LogP contribution in [-0.4, -0.2) is 116 Å². The molecule has 0 bridgehead atoms. The number of hydrogen-bond acceptors (Lipinski definition) is 11. The van der Waals surface area contributed by atoms with Crippen molar-refractivity contribution in [1.29, 1.82) is 0 Å². The lowest BCUT2D eigenvalue weighted by atomic mass is 9.96. The van der Waals surface area contributed by atoms with E-state index in [4.69, 9.17) is 26.4 Å². The highest BCUT2D eigenvalue weighted by atomic mass is 35.5. The van der Waals surface area contributed by atoms with Crippen molar-refractivity contribution in [2.45, 2.75) is 63.6 Å². The Morgan fingerprint density at radius 3 is 2.43 bits per heavy atom. The first-order valence-corrected chi connectivity index (χ1v) is 21.4. The number of anilines is 1. The van der Waals surface area contributed by atoms with Crippen LogP contribution in [0.15, 0.2) is 78.0 Å². The third-order valence-electron chi connectivity index (χ3n) is 12.5. The summed E-state index contributed by atoms with van der Waals surface area (Å²) in [4.78, 5) is 62.0. The van der Waals surface area contributed by atoms with E-state index in [-0.39, 0.29) is 18.4 Å². The molecule has 1 unspecified atom stereocenters. The van der Waals surface area contributed by atoms with Gasteiger partial charge in [-0.1, -0.05) is 35.9 Å². The van der Waals surface area contributed by atoms with Crippen LogP contribution in [0.3, 0.4) is 0 Å². The number of carbonyl (C=O) groups excluding carboxylic acids is 4. The molecule has 1 atom stereocenters. The van der Waals surface area contributed by atoms with Crippen molar-refractivity contribution in [3.8, 4) is 16.8 Å². The van der Waals surface area contributed by atoms with Crippen LogP contribution in [-0.2, 0) is 26.4 Å². The number of aliphatic imine (C=N–C) groups is 1. The Kier molecular flexibility index (Phi) is 10.1. The molecule has 2 aromatic heterocycles. The Hall–Kier alpha value is -6.03. The number of amides is 4. The third-order valence-corrected chi connectivity index (χ3v) is 12.8. The highest BCUT2D eigenvalue weighted by molar-refractivity contribution is 6.30. The van der Waals surface area contributed by atoms with Gasteiger partial charge in [0.1, 0.15) is 17.4 Å². The Bertz CT molecular complexity index is 2610. The van der Waals surface area contributed by atoms with Crippen LogP contribution in [0.4, 0.5) is 5.69 Å². The number of imide groups is 2. The van der Waals surface area contributed by atoms with Crippen LogP contribution in [0.2, 0.25) is 5.02 Å². The fourth-order valence-electron chi connectivity index (χ4n) is 9.04. The molecule has 15 nitrogen and oxygen atoms in total. The van der Waals surface area contributed by atoms with Gasteiger partial charge in [-0.05, 0) is 81.0 Å². The molecule has 4 amide bonds. The van der Waals surface area contributed by atoms with Crippen molar-refractivity contribution in [3.63, 3.8) is 0 Å². The van der Waals surface area contributed by atoms with Crippen LogP contribution in [0.1, 0.15) is 82.0 Å². The maximum Gasteiger partial charge on any atom is 0.264 e. The number of nitrogens with one attached hydrogen (secondary N) is 1. The quantitative estimate of drug-likeness (QED) is 0.135. The van der Waals surface area contributed by atoms with Crippen molar-refractivity contribution >= 4 is 46.6 Å². The summed E-state index contributed by atoms with van der Waals surface area (Å²) in [6.07, 6.45) is 7.95. The second-order valence-corrected chi connectivity index (χ2v) is 16.9.